The predicted octanol–water partition coefficient (Wildman–Crippen LogP) is 0.882. The number of thioether (sulfide) groups is 1. The van der Waals surface area contributed by atoms with Gasteiger partial charge in [-0.1, -0.05) is 34.6 Å². The SMILES string of the molecule is CC(C)NCC(=O)CNC[C@@H](NC(=O)CCSCC(C)(C)C)C(=O)O. The molecule has 0 aliphatic rings. The summed E-state index contributed by atoms with van der Waals surface area (Å²) in [6.07, 6.45) is 0.280. The third-order valence-corrected chi connectivity index (χ3v) is 4.58. The van der Waals surface area contributed by atoms with Crippen LogP contribution in [0.2, 0.25) is 0 Å². The van der Waals surface area contributed by atoms with Crippen LogP contribution in [-0.2, 0) is 14.4 Å². The van der Waals surface area contributed by atoms with E-state index < -0.39 is 12.0 Å². The van der Waals surface area contributed by atoms with Gasteiger partial charge in [-0.3, -0.25) is 9.59 Å². The summed E-state index contributed by atoms with van der Waals surface area (Å²) in [5.41, 5.74) is 0.200. The Morgan fingerprint density at radius 3 is 2.28 bits per heavy atom. The molecule has 8 heteroatoms. The number of rotatable bonds is 13. The van der Waals surface area contributed by atoms with Gasteiger partial charge in [0, 0.05) is 24.8 Å². The molecule has 7 nitrogen and oxygen atoms in total. The summed E-state index contributed by atoms with van der Waals surface area (Å²) >= 11 is 1.68. The predicted molar refractivity (Wildman–Crippen MR) is 102 cm³/mol. The minimum atomic E-state index is -1.11. The summed E-state index contributed by atoms with van der Waals surface area (Å²) in [6.45, 7) is 10.6. The highest BCUT2D eigenvalue weighted by atomic mass is 32.2. The van der Waals surface area contributed by atoms with E-state index in [2.05, 4.69) is 36.7 Å². The lowest BCUT2D eigenvalue weighted by atomic mass is 10.0. The number of nitrogens with one attached hydrogen (secondary N) is 3. The second kappa shape index (κ2) is 12.3. The highest BCUT2D eigenvalue weighted by molar-refractivity contribution is 7.99. The molecule has 0 bridgehead atoms. The topological polar surface area (TPSA) is 108 Å². The number of hydrogen-bond acceptors (Lipinski definition) is 6. The second-order valence-electron chi connectivity index (χ2n) is 7.53. The van der Waals surface area contributed by atoms with Crippen LogP contribution in [0, 0.1) is 5.41 Å². The summed E-state index contributed by atoms with van der Waals surface area (Å²) in [7, 11) is 0. The van der Waals surface area contributed by atoms with Gasteiger partial charge >= 0.3 is 5.97 Å². The Morgan fingerprint density at radius 1 is 1.12 bits per heavy atom. The summed E-state index contributed by atoms with van der Waals surface area (Å²) in [5.74, 6) is 0.140. The minimum absolute atomic E-state index is 0.0175. The molecule has 0 aromatic carbocycles. The van der Waals surface area contributed by atoms with Crippen molar-refractivity contribution >= 4 is 29.4 Å². The van der Waals surface area contributed by atoms with E-state index >= 15 is 0 Å². The lowest BCUT2D eigenvalue weighted by molar-refractivity contribution is -0.141. The zero-order chi connectivity index (χ0) is 19.5. The molecule has 0 aliphatic heterocycles. The number of Topliss-reactive ketones (excluding diaryl/α,β-unsaturated/α-hetero) is 1. The third-order valence-electron chi connectivity index (χ3n) is 3.02. The fourth-order valence-electron chi connectivity index (χ4n) is 1.75. The van der Waals surface area contributed by atoms with E-state index in [-0.39, 0.29) is 49.2 Å². The molecule has 0 unspecified atom stereocenters. The molecule has 0 radical (unpaired) electrons. The van der Waals surface area contributed by atoms with Crippen molar-refractivity contribution in [2.45, 2.75) is 53.1 Å². The second-order valence-corrected chi connectivity index (χ2v) is 8.63. The minimum Gasteiger partial charge on any atom is -0.480 e. The van der Waals surface area contributed by atoms with Crippen LogP contribution in [0.5, 0.6) is 0 Å². The molecule has 0 heterocycles. The molecule has 0 aromatic rings. The number of carbonyl (C=O) groups excluding carboxylic acids is 2. The molecule has 1 atom stereocenters. The average Bonchev–Trinajstić information content (AvgIpc) is 2.47. The molecule has 0 aromatic heterocycles. The van der Waals surface area contributed by atoms with Crippen molar-refractivity contribution in [1.29, 1.82) is 0 Å². The van der Waals surface area contributed by atoms with Gasteiger partial charge in [0.25, 0.3) is 0 Å². The van der Waals surface area contributed by atoms with Crippen molar-refractivity contribution in [3.63, 3.8) is 0 Å². The first-order valence-corrected chi connectivity index (χ1v) is 9.72. The summed E-state index contributed by atoms with van der Waals surface area (Å²) in [6, 6.07) is -0.822. The van der Waals surface area contributed by atoms with Crippen LogP contribution in [0.15, 0.2) is 0 Å². The first kappa shape index (κ1) is 23.9. The Morgan fingerprint density at radius 2 is 1.76 bits per heavy atom. The third kappa shape index (κ3) is 14.9. The quantitative estimate of drug-likeness (QED) is 0.354. The van der Waals surface area contributed by atoms with E-state index in [1.54, 1.807) is 11.8 Å². The first-order valence-electron chi connectivity index (χ1n) is 8.57. The van der Waals surface area contributed by atoms with Crippen molar-refractivity contribution in [1.82, 2.24) is 16.0 Å². The summed E-state index contributed by atoms with van der Waals surface area (Å²) < 4.78 is 0. The number of carboxylic acids is 1. The largest absolute Gasteiger partial charge is 0.480 e. The summed E-state index contributed by atoms with van der Waals surface area (Å²) in [5, 5.41) is 17.5. The number of amides is 1. The van der Waals surface area contributed by atoms with Gasteiger partial charge in [-0.2, -0.15) is 11.8 Å². The monoisotopic (exact) mass is 375 g/mol. The standard InChI is InChI=1S/C17H33N3O4S/c1-12(2)19-9-13(21)8-18-10-14(16(23)24)20-15(22)6-7-25-11-17(3,4)5/h12,14,18-19H,6-11H2,1-5H3,(H,20,22)(H,23,24)/t14-/m1/s1. The van der Waals surface area contributed by atoms with E-state index in [0.29, 0.717) is 5.75 Å². The number of aliphatic carboxylic acids is 1. The van der Waals surface area contributed by atoms with Gasteiger partial charge in [0.05, 0.1) is 13.1 Å². The number of ketones is 1. The van der Waals surface area contributed by atoms with Crippen LogP contribution < -0.4 is 16.0 Å². The zero-order valence-electron chi connectivity index (χ0n) is 16.0. The van der Waals surface area contributed by atoms with Gasteiger partial charge in [0.1, 0.15) is 6.04 Å². The number of carboxylic acid groups (broad SMARTS) is 1. The zero-order valence-corrected chi connectivity index (χ0v) is 16.8. The molecule has 1 amide bonds. The van der Waals surface area contributed by atoms with Crippen LogP contribution >= 0.6 is 11.8 Å². The Labute approximate surface area is 155 Å². The van der Waals surface area contributed by atoms with Crippen molar-refractivity contribution in [3.8, 4) is 0 Å². The van der Waals surface area contributed by atoms with E-state index in [1.165, 1.54) is 0 Å². The molecule has 0 saturated heterocycles. The molecule has 4 N–H and O–H groups in total. The van der Waals surface area contributed by atoms with Crippen molar-refractivity contribution < 1.29 is 19.5 Å². The molecule has 25 heavy (non-hydrogen) atoms. The van der Waals surface area contributed by atoms with Gasteiger partial charge in [-0.25, -0.2) is 4.79 Å². The Kier molecular flexibility index (Phi) is 11.7. The van der Waals surface area contributed by atoms with E-state index in [0.717, 1.165) is 5.75 Å². The van der Waals surface area contributed by atoms with Gasteiger partial charge in [-0.15, -0.1) is 0 Å². The van der Waals surface area contributed by atoms with Crippen molar-refractivity contribution in [2.75, 3.05) is 31.1 Å². The molecule has 0 spiro atoms. The first-order chi connectivity index (χ1) is 11.5. The highest BCUT2D eigenvalue weighted by Crippen LogP contribution is 2.20. The fraction of sp³-hybridized carbons (Fsp3) is 0.824. The van der Waals surface area contributed by atoms with E-state index in [4.69, 9.17) is 0 Å². The van der Waals surface area contributed by atoms with Crippen LogP contribution in [-0.4, -0.2) is 66.0 Å². The Bertz CT molecular complexity index is 436. The molecule has 0 aliphatic carbocycles. The Hall–Kier alpha value is -1.12. The molecule has 0 fully saturated rings. The van der Waals surface area contributed by atoms with Gasteiger partial charge in [0.15, 0.2) is 5.78 Å². The van der Waals surface area contributed by atoms with E-state index in [1.807, 2.05) is 13.8 Å². The van der Waals surface area contributed by atoms with Gasteiger partial charge < -0.3 is 21.1 Å². The molecule has 0 saturated carbocycles. The molecule has 0 rings (SSSR count). The molecule has 146 valence electrons. The van der Waals surface area contributed by atoms with Crippen LogP contribution in [0.3, 0.4) is 0 Å². The normalized spacial score (nSPS) is 12.9. The van der Waals surface area contributed by atoms with Crippen LogP contribution in [0.1, 0.15) is 41.0 Å². The van der Waals surface area contributed by atoms with E-state index in [9.17, 15) is 19.5 Å². The average molecular weight is 376 g/mol. The fourth-order valence-corrected chi connectivity index (χ4v) is 2.83. The lowest BCUT2D eigenvalue weighted by Crippen LogP contribution is -2.48. The molecular formula is C17H33N3O4S. The van der Waals surface area contributed by atoms with Gasteiger partial charge in [-0.05, 0) is 11.2 Å². The van der Waals surface area contributed by atoms with Crippen molar-refractivity contribution in [3.05, 3.63) is 0 Å². The smallest absolute Gasteiger partial charge is 0.327 e. The number of hydrogen-bond donors (Lipinski definition) is 4. The highest BCUT2D eigenvalue weighted by Gasteiger charge is 2.20. The maximum absolute atomic E-state index is 11.9. The maximum atomic E-state index is 11.9. The lowest BCUT2D eigenvalue weighted by Gasteiger charge is -2.18. The van der Waals surface area contributed by atoms with Crippen LogP contribution in [0.25, 0.3) is 0 Å². The van der Waals surface area contributed by atoms with Gasteiger partial charge in [0.2, 0.25) is 5.91 Å². The summed E-state index contributed by atoms with van der Waals surface area (Å²) in [4.78, 5) is 34.7. The maximum Gasteiger partial charge on any atom is 0.327 e. The molecular weight excluding hydrogens is 342 g/mol. The Balaban J connectivity index is 4.06. The van der Waals surface area contributed by atoms with Crippen LogP contribution in [0.4, 0.5) is 0 Å². The van der Waals surface area contributed by atoms with Crippen molar-refractivity contribution in [2.24, 2.45) is 5.41 Å². The number of carbonyl (C=O) groups is 3.